The van der Waals surface area contributed by atoms with Crippen molar-refractivity contribution in [2.24, 2.45) is 0 Å². The Balaban J connectivity index is 2.99. The standard InChI is InChI=1S/C16H22N2O3/c1-6-16(4,20-5)15(19)18-14-8-7-13(21-11(2)3)9-12(14)10-17/h7-9,11H,6H2,1-5H3,(H,18,19)/t16-/m1/s1. The van der Waals surface area contributed by atoms with Gasteiger partial charge in [0.05, 0.1) is 17.4 Å². The van der Waals surface area contributed by atoms with Gasteiger partial charge in [-0.15, -0.1) is 0 Å². The summed E-state index contributed by atoms with van der Waals surface area (Å²) in [5.41, 5.74) is -0.105. The molecule has 21 heavy (non-hydrogen) atoms. The zero-order valence-electron chi connectivity index (χ0n) is 13.2. The fraction of sp³-hybridized carbons (Fsp3) is 0.500. The van der Waals surface area contributed by atoms with Crippen LogP contribution in [-0.2, 0) is 9.53 Å². The molecule has 5 heteroatoms. The molecule has 0 unspecified atom stereocenters. The smallest absolute Gasteiger partial charge is 0.256 e. The number of hydrogen-bond acceptors (Lipinski definition) is 4. The third-order valence-electron chi connectivity index (χ3n) is 3.34. The summed E-state index contributed by atoms with van der Waals surface area (Å²) in [4.78, 5) is 12.3. The molecule has 0 fully saturated rings. The molecule has 1 N–H and O–H groups in total. The Morgan fingerprint density at radius 3 is 2.62 bits per heavy atom. The van der Waals surface area contributed by atoms with Crippen molar-refractivity contribution in [3.05, 3.63) is 23.8 Å². The van der Waals surface area contributed by atoms with Crippen LogP contribution in [0.2, 0.25) is 0 Å². The van der Waals surface area contributed by atoms with Gasteiger partial charge in [-0.25, -0.2) is 0 Å². The van der Waals surface area contributed by atoms with Gasteiger partial charge >= 0.3 is 0 Å². The van der Waals surface area contributed by atoms with Crippen molar-refractivity contribution >= 4 is 11.6 Å². The summed E-state index contributed by atoms with van der Waals surface area (Å²) in [6, 6.07) is 7.08. The van der Waals surface area contributed by atoms with E-state index >= 15 is 0 Å². The second-order valence-corrected chi connectivity index (χ2v) is 5.23. The first-order chi connectivity index (χ1) is 9.86. The highest BCUT2D eigenvalue weighted by molar-refractivity contribution is 5.98. The maximum atomic E-state index is 12.3. The Bertz CT molecular complexity index is 543. The van der Waals surface area contributed by atoms with Gasteiger partial charge in [-0.05, 0) is 39.3 Å². The van der Waals surface area contributed by atoms with Crippen LogP contribution in [0.5, 0.6) is 5.75 Å². The summed E-state index contributed by atoms with van der Waals surface area (Å²) in [5, 5.41) is 12.0. The molecular weight excluding hydrogens is 268 g/mol. The molecule has 1 aromatic carbocycles. The van der Waals surface area contributed by atoms with E-state index < -0.39 is 5.60 Å². The van der Waals surface area contributed by atoms with Crippen molar-refractivity contribution in [3.63, 3.8) is 0 Å². The van der Waals surface area contributed by atoms with Crippen LogP contribution >= 0.6 is 0 Å². The number of anilines is 1. The zero-order valence-corrected chi connectivity index (χ0v) is 13.2. The molecule has 5 nitrogen and oxygen atoms in total. The highest BCUT2D eigenvalue weighted by Crippen LogP contribution is 2.24. The molecule has 1 rings (SSSR count). The number of nitrogens with one attached hydrogen (secondary N) is 1. The van der Waals surface area contributed by atoms with Gasteiger partial charge in [-0.1, -0.05) is 6.92 Å². The van der Waals surface area contributed by atoms with E-state index in [0.29, 0.717) is 23.4 Å². The fourth-order valence-corrected chi connectivity index (χ4v) is 1.72. The highest BCUT2D eigenvalue weighted by atomic mass is 16.5. The first-order valence-corrected chi connectivity index (χ1v) is 6.93. The third kappa shape index (κ3) is 4.20. The normalized spacial score (nSPS) is 13.4. The van der Waals surface area contributed by atoms with E-state index in [1.807, 2.05) is 20.8 Å². The molecule has 0 heterocycles. The average molecular weight is 290 g/mol. The summed E-state index contributed by atoms with van der Waals surface area (Å²) in [6.45, 7) is 7.40. The lowest BCUT2D eigenvalue weighted by Gasteiger charge is -2.25. The van der Waals surface area contributed by atoms with Crippen molar-refractivity contribution in [1.29, 1.82) is 5.26 Å². The number of rotatable bonds is 6. The van der Waals surface area contributed by atoms with Crippen molar-refractivity contribution in [1.82, 2.24) is 0 Å². The zero-order chi connectivity index (χ0) is 16.0. The van der Waals surface area contributed by atoms with E-state index in [-0.39, 0.29) is 12.0 Å². The monoisotopic (exact) mass is 290 g/mol. The van der Waals surface area contributed by atoms with E-state index in [2.05, 4.69) is 11.4 Å². The molecule has 0 aliphatic rings. The molecule has 1 amide bonds. The van der Waals surface area contributed by atoms with Crippen LogP contribution in [0.3, 0.4) is 0 Å². The molecule has 1 atom stereocenters. The van der Waals surface area contributed by atoms with Gasteiger partial charge in [0.1, 0.15) is 17.4 Å². The Morgan fingerprint density at radius 1 is 1.48 bits per heavy atom. The molecule has 0 radical (unpaired) electrons. The number of carbonyl (C=O) groups excluding carboxylic acids is 1. The highest BCUT2D eigenvalue weighted by Gasteiger charge is 2.31. The minimum atomic E-state index is -0.917. The van der Waals surface area contributed by atoms with Crippen LogP contribution in [0, 0.1) is 11.3 Å². The summed E-state index contributed by atoms with van der Waals surface area (Å²) in [5.74, 6) is 0.325. The number of hydrogen-bond donors (Lipinski definition) is 1. The second kappa shape index (κ2) is 7.09. The molecule has 114 valence electrons. The predicted octanol–water partition coefficient (Wildman–Crippen LogP) is 3.10. The number of amides is 1. The largest absolute Gasteiger partial charge is 0.491 e. The lowest BCUT2D eigenvalue weighted by molar-refractivity contribution is -0.136. The van der Waals surface area contributed by atoms with Crippen molar-refractivity contribution in [2.45, 2.75) is 45.8 Å². The van der Waals surface area contributed by atoms with Gasteiger partial charge in [0, 0.05) is 13.2 Å². The molecule has 0 spiro atoms. The predicted molar refractivity (Wildman–Crippen MR) is 81.3 cm³/mol. The van der Waals surface area contributed by atoms with Crippen LogP contribution in [0.1, 0.15) is 39.7 Å². The van der Waals surface area contributed by atoms with E-state index in [4.69, 9.17) is 9.47 Å². The number of methoxy groups -OCH3 is 1. The quantitative estimate of drug-likeness (QED) is 0.874. The molecule has 0 aliphatic carbocycles. The van der Waals surface area contributed by atoms with Crippen molar-refractivity contribution in [2.75, 3.05) is 12.4 Å². The number of nitriles is 1. The molecule has 0 saturated heterocycles. The maximum absolute atomic E-state index is 12.3. The molecule has 0 aromatic heterocycles. The topological polar surface area (TPSA) is 71.3 Å². The number of nitrogens with zero attached hydrogens (tertiary/aromatic N) is 1. The summed E-state index contributed by atoms with van der Waals surface area (Å²) < 4.78 is 10.8. The first-order valence-electron chi connectivity index (χ1n) is 6.93. The Morgan fingerprint density at radius 2 is 2.14 bits per heavy atom. The SMILES string of the molecule is CC[C@@](C)(OC)C(=O)Nc1ccc(OC(C)C)cc1C#N. The van der Waals surface area contributed by atoms with Crippen LogP contribution in [0.4, 0.5) is 5.69 Å². The molecule has 0 saturated carbocycles. The number of ether oxygens (including phenoxy) is 2. The lowest BCUT2D eigenvalue weighted by atomic mass is 10.0. The Hall–Kier alpha value is -2.06. The van der Waals surface area contributed by atoms with Crippen molar-refractivity contribution in [3.8, 4) is 11.8 Å². The van der Waals surface area contributed by atoms with E-state index in [9.17, 15) is 10.1 Å². The van der Waals surface area contributed by atoms with Crippen LogP contribution in [0.15, 0.2) is 18.2 Å². The summed E-state index contributed by atoms with van der Waals surface area (Å²) in [7, 11) is 1.49. The molecular formula is C16H22N2O3. The minimum Gasteiger partial charge on any atom is -0.491 e. The average Bonchev–Trinajstić information content (AvgIpc) is 2.47. The van der Waals surface area contributed by atoms with E-state index in [1.165, 1.54) is 7.11 Å². The fourth-order valence-electron chi connectivity index (χ4n) is 1.72. The number of benzene rings is 1. The van der Waals surface area contributed by atoms with Gasteiger partial charge in [-0.3, -0.25) is 4.79 Å². The van der Waals surface area contributed by atoms with Gasteiger partial charge in [0.2, 0.25) is 0 Å². The minimum absolute atomic E-state index is 0.0221. The summed E-state index contributed by atoms with van der Waals surface area (Å²) in [6.07, 6.45) is 0.556. The number of carbonyl (C=O) groups is 1. The molecule has 0 aliphatic heterocycles. The summed E-state index contributed by atoms with van der Waals surface area (Å²) >= 11 is 0. The van der Waals surface area contributed by atoms with Crippen LogP contribution in [-0.4, -0.2) is 24.7 Å². The maximum Gasteiger partial charge on any atom is 0.256 e. The molecule has 0 bridgehead atoms. The van der Waals surface area contributed by atoms with Gasteiger partial charge in [0.15, 0.2) is 0 Å². The van der Waals surface area contributed by atoms with Crippen LogP contribution in [0.25, 0.3) is 0 Å². The lowest BCUT2D eigenvalue weighted by Crippen LogP contribution is -2.41. The van der Waals surface area contributed by atoms with Gasteiger partial charge in [0.25, 0.3) is 5.91 Å². The Labute approximate surface area is 125 Å². The van der Waals surface area contributed by atoms with E-state index in [0.717, 1.165) is 0 Å². The van der Waals surface area contributed by atoms with Crippen molar-refractivity contribution < 1.29 is 14.3 Å². The molecule has 1 aromatic rings. The third-order valence-corrected chi connectivity index (χ3v) is 3.34. The second-order valence-electron chi connectivity index (χ2n) is 5.23. The van der Waals surface area contributed by atoms with Crippen LogP contribution < -0.4 is 10.1 Å². The Kier molecular flexibility index (Phi) is 5.74. The first kappa shape index (κ1) is 17.0. The van der Waals surface area contributed by atoms with Gasteiger partial charge in [-0.2, -0.15) is 5.26 Å². The van der Waals surface area contributed by atoms with E-state index in [1.54, 1.807) is 25.1 Å². The van der Waals surface area contributed by atoms with Gasteiger partial charge < -0.3 is 14.8 Å².